The van der Waals surface area contributed by atoms with E-state index in [0.29, 0.717) is 12.8 Å². The number of hydrogen-bond donors (Lipinski definition) is 1. The number of aliphatic hydroxyl groups is 1. The van der Waals surface area contributed by atoms with Gasteiger partial charge in [0.1, 0.15) is 6.61 Å². The third-order valence-electron chi connectivity index (χ3n) is 6.80. The van der Waals surface area contributed by atoms with Crippen LogP contribution in [0, 0.1) is 0 Å². The second-order valence-electron chi connectivity index (χ2n) is 10.9. The van der Waals surface area contributed by atoms with Crippen molar-refractivity contribution in [2.24, 2.45) is 0 Å². The van der Waals surface area contributed by atoms with Crippen LogP contribution < -0.4 is 0 Å². The molecule has 0 aromatic carbocycles. The van der Waals surface area contributed by atoms with E-state index in [1.54, 1.807) is 0 Å². The largest absolute Gasteiger partial charge is 0.462 e. The summed E-state index contributed by atoms with van der Waals surface area (Å²) in [6, 6.07) is 0. The molecule has 0 aliphatic carbocycles. The molecule has 0 fully saturated rings. The molecule has 240 valence electrons. The lowest BCUT2D eigenvalue weighted by atomic mass is 10.1. The maximum atomic E-state index is 12.1. The maximum absolute atomic E-state index is 12.1. The van der Waals surface area contributed by atoms with Crippen molar-refractivity contribution >= 4 is 11.9 Å². The predicted octanol–water partition coefficient (Wildman–Crippen LogP) is 10.1. The molecule has 5 nitrogen and oxygen atoms in total. The van der Waals surface area contributed by atoms with Gasteiger partial charge in [0, 0.05) is 12.8 Å². The van der Waals surface area contributed by atoms with Crippen LogP contribution in [0.3, 0.4) is 0 Å². The summed E-state index contributed by atoms with van der Waals surface area (Å²) in [5.41, 5.74) is 0. The number of ether oxygens (including phenoxy) is 2. The van der Waals surface area contributed by atoms with Gasteiger partial charge in [-0.1, -0.05) is 113 Å². The van der Waals surface area contributed by atoms with Crippen LogP contribution in [0.4, 0.5) is 0 Å². The van der Waals surface area contributed by atoms with E-state index in [0.717, 1.165) is 70.6 Å². The van der Waals surface area contributed by atoms with E-state index in [4.69, 9.17) is 9.47 Å². The van der Waals surface area contributed by atoms with Crippen molar-refractivity contribution in [2.45, 2.75) is 148 Å². The quantitative estimate of drug-likeness (QED) is 0.0536. The molecule has 1 atom stereocenters. The van der Waals surface area contributed by atoms with E-state index < -0.39 is 6.10 Å². The first-order valence-corrected chi connectivity index (χ1v) is 16.8. The van der Waals surface area contributed by atoms with Gasteiger partial charge in [0.15, 0.2) is 6.10 Å². The molecule has 5 heteroatoms. The van der Waals surface area contributed by atoms with Gasteiger partial charge in [-0.2, -0.15) is 0 Å². The molecule has 0 aliphatic rings. The summed E-state index contributed by atoms with van der Waals surface area (Å²) in [5.74, 6) is -0.657. The maximum Gasteiger partial charge on any atom is 0.306 e. The van der Waals surface area contributed by atoms with Gasteiger partial charge in [-0.25, -0.2) is 0 Å². The lowest BCUT2D eigenvalue weighted by Gasteiger charge is -2.15. The van der Waals surface area contributed by atoms with E-state index in [1.165, 1.54) is 44.9 Å². The second kappa shape index (κ2) is 33.1. The first-order chi connectivity index (χ1) is 20.6. The van der Waals surface area contributed by atoms with Gasteiger partial charge in [0.2, 0.25) is 0 Å². The molecule has 0 saturated heterocycles. The molecule has 0 bridgehead atoms. The number of allylic oxidation sites excluding steroid dienone is 10. The summed E-state index contributed by atoms with van der Waals surface area (Å²) in [6.07, 6.45) is 41.3. The number of hydrogen-bond acceptors (Lipinski definition) is 5. The average molecular weight is 587 g/mol. The summed E-state index contributed by atoms with van der Waals surface area (Å²) in [4.78, 5) is 24.1. The molecule has 1 unspecified atom stereocenters. The fourth-order valence-corrected chi connectivity index (χ4v) is 4.24. The minimum absolute atomic E-state index is 0.0895. The lowest BCUT2D eigenvalue weighted by Crippen LogP contribution is -2.28. The molecular formula is C37H62O5. The lowest BCUT2D eigenvalue weighted by molar-refractivity contribution is -0.161. The first kappa shape index (κ1) is 39.6. The van der Waals surface area contributed by atoms with Crippen LogP contribution in [0.25, 0.3) is 0 Å². The zero-order chi connectivity index (χ0) is 30.8. The van der Waals surface area contributed by atoms with E-state index in [2.05, 4.69) is 74.6 Å². The van der Waals surface area contributed by atoms with Crippen LogP contribution >= 0.6 is 0 Å². The van der Waals surface area contributed by atoms with Gasteiger partial charge >= 0.3 is 11.9 Å². The highest BCUT2D eigenvalue weighted by Crippen LogP contribution is 2.10. The van der Waals surface area contributed by atoms with Crippen LogP contribution in [0.5, 0.6) is 0 Å². The Balaban J connectivity index is 3.70. The normalized spacial score (nSPS) is 12.9. The number of rotatable bonds is 29. The number of unbranched alkanes of at least 4 members (excludes halogenated alkanes) is 11. The second-order valence-corrected chi connectivity index (χ2v) is 10.9. The molecule has 0 aromatic rings. The molecule has 0 spiro atoms. The summed E-state index contributed by atoms with van der Waals surface area (Å²) >= 11 is 0. The Hall–Kier alpha value is -2.40. The van der Waals surface area contributed by atoms with Crippen molar-refractivity contribution in [2.75, 3.05) is 13.2 Å². The molecule has 0 saturated carbocycles. The van der Waals surface area contributed by atoms with Crippen molar-refractivity contribution in [1.82, 2.24) is 0 Å². The van der Waals surface area contributed by atoms with Crippen molar-refractivity contribution in [3.05, 3.63) is 60.8 Å². The molecule has 0 aromatic heterocycles. The topological polar surface area (TPSA) is 72.8 Å². The smallest absolute Gasteiger partial charge is 0.306 e. The van der Waals surface area contributed by atoms with Crippen LogP contribution in [-0.4, -0.2) is 36.4 Å². The standard InChI is InChI=1S/C37H62O5/c1-3-5-7-9-11-13-15-17-18-20-22-24-26-28-30-32-37(40)42-35(33-38)34-41-36(39)31-29-27-25-23-21-19-16-14-12-10-8-6-4-2/h5,7,11,13-14,16-18,22,24,35,38H,3-4,6,8-10,12,15,19-21,23,25-34H2,1-2H3. The Morgan fingerprint density at radius 1 is 0.571 bits per heavy atom. The monoisotopic (exact) mass is 586 g/mol. The van der Waals surface area contributed by atoms with Crippen LogP contribution in [-0.2, 0) is 19.1 Å². The molecule has 0 rings (SSSR count). The van der Waals surface area contributed by atoms with Crippen molar-refractivity contribution in [3.8, 4) is 0 Å². The Labute approximate surface area is 258 Å². The van der Waals surface area contributed by atoms with Crippen LogP contribution in [0.1, 0.15) is 142 Å². The Bertz CT molecular complexity index is 762. The minimum atomic E-state index is -0.796. The van der Waals surface area contributed by atoms with Gasteiger partial charge in [0.25, 0.3) is 0 Å². The van der Waals surface area contributed by atoms with E-state index >= 15 is 0 Å². The average Bonchev–Trinajstić information content (AvgIpc) is 2.99. The van der Waals surface area contributed by atoms with Crippen LogP contribution in [0.15, 0.2) is 60.8 Å². The van der Waals surface area contributed by atoms with Gasteiger partial charge in [-0.05, 0) is 77.0 Å². The van der Waals surface area contributed by atoms with Crippen LogP contribution in [0.2, 0.25) is 0 Å². The SMILES string of the molecule is CCC=CCC=CCC=CCC=CCCCCC(=O)OC(CO)COC(=O)CCCCCCCC=CCCCCCC. The Morgan fingerprint density at radius 2 is 1.02 bits per heavy atom. The van der Waals surface area contributed by atoms with Crippen molar-refractivity contribution in [3.63, 3.8) is 0 Å². The molecule has 0 amide bonds. The highest BCUT2D eigenvalue weighted by molar-refractivity contribution is 5.70. The Morgan fingerprint density at radius 3 is 1.62 bits per heavy atom. The Kier molecular flexibility index (Phi) is 31.2. The molecule has 0 aliphatic heterocycles. The van der Waals surface area contributed by atoms with Gasteiger partial charge < -0.3 is 14.6 Å². The third-order valence-corrected chi connectivity index (χ3v) is 6.80. The van der Waals surface area contributed by atoms with Gasteiger partial charge in [0.05, 0.1) is 6.61 Å². The van der Waals surface area contributed by atoms with Crippen molar-refractivity contribution in [1.29, 1.82) is 0 Å². The summed E-state index contributed by atoms with van der Waals surface area (Å²) in [7, 11) is 0. The molecule has 1 N–H and O–H groups in total. The number of carbonyl (C=O) groups is 2. The minimum Gasteiger partial charge on any atom is -0.462 e. The van der Waals surface area contributed by atoms with Gasteiger partial charge in [-0.3, -0.25) is 9.59 Å². The number of carbonyl (C=O) groups excluding carboxylic acids is 2. The van der Waals surface area contributed by atoms with Gasteiger partial charge in [-0.15, -0.1) is 0 Å². The zero-order valence-electron chi connectivity index (χ0n) is 27.0. The molecule has 42 heavy (non-hydrogen) atoms. The zero-order valence-corrected chi connectivity index (χ0v) is 27.0. The highest BCUT2D eigenvalue weighted by Gasteiger charge is 2.15. The highest BCUT2D eigenvalue weighted by atomic mass is 16.6. The third kappa shape index (κ3) is 30.6. The number of aliphatic hydroxyl groups excluding tert-OH is 1. The fourth-order valence-electron chi connectivity index (χ4n) is 4.24. The summed E-state index contributed by atoms with van der Waals surface area (Å²) < 4.78 is 10.5. The molecule has 0 heterocycles. The fraction of sp³-hybridized carbons (Fsp3) is 0.676. The molecule has 0 radical (unpaired) electrons. The van der Waals surface area contributed by atoms with E-state index in [9.17, 15) is 14.7 Å². The van der Waals surface area contributed by atoms with E-state index in [-0.39, 0.29) is 25.2 Å². The number of esters is 2. The van der Waals surface area contributed by atoms with Crippen molar-refractivity contribution < 1.29 is 24.2 Å². The predicted molar refractivity (Wildman–Crippen MR) is 177 cm³/mol. The van der Waals surface area contributed by atoms with E-state index in [1.807, 2.05) is 0 Å². The first-order valence-electron chi connectivity index (χ1n) is 16.8. The summed E-state index contributed by atoms with van der Waals surface area (Å²) in [5, 5.41) is 9.50. The summed E-state index contributed by atoms with van der Waals surface area (Å²) in [6.45, 7) is 3.94. The molecular weight excluding hydrogens is 524 g/mol.